The fraction of sp³-hybridized carbons (Fsp3) is 0.783. The Morgan fingerprint density at radius 3 is 2.41 bits per heavy atom. The maximum Gasteiger partial charge on any atom is 0.410 e. The van der Waals surface area contributed by atoms with Gasteiger partial charge in [0, 0.05) is 58.1 Å². The minimum Gasteiger partial charge on any atom is -0.444 e. The molecule has 0 saturated carbocycles. The molecule has 0 aliphatic carbocycles. The largest absolute Gasteiger partial charge is 0.444 e. The minimum atomic E-state index is -0.454. The van der Waals surface area contributed by atoms with Crippen molar-refractivity contribution in [1.29, 1.82) is 0 Å². The molecule has 2 N–H and O–H groups in total. The second-order valence-electron chi connectivity index (χ2n) is 9.59. The van der Waals surface area contributed by atoms with Crippen LogP contribution in [0.1, 0.15) is 51.6 Å². The molecule has 1 saturated heterocycles. The Bertz CT molecular complexity index is 774. The molecule has 0 spiro atoms. The zero-order chi connectivity index (χ0) is 23.9. The first kappa shape index (κ1) is 26.0. The zero-order valence-corrected chi connectivity index (χ0v) is 21.3. The van der Waals surface area contributed by atoms with Crippen LogP contribution in [0.4, 0.5) is 4.79 Å². The predicted octanol–water partition coefficient (Wildman–Crippen LogP) is 2.08. The van der Waals surface area contributed by atoms with Crippen LogP contribution in [-0.4, -0.2) is 89.1 Å². The summed E-state index contributed by atoms with van der Waals surface area (Å²) in [5, 5.41) is 11.4. The molecule has 1 amide bonds. The van der Waals surface area contributed by atoms with Gasteiger partial charge < -0.3 is 20.3 Å². The Morgan fingerprint density at radius 1 is 1.22 bits per heavy atom. The third kappa shape index (κ3) is 8.00. The summed E-state index contributed by atoms with van der Waals surface area (Å²) in [6.07, 6.45) is 0.685. The third-order valence-corrected chi connectivity index (χ3v) is 5.61. The summed E-state index contributed by atoms with van der Waals surface area (Å²) in [5.41, 5.74) is 3.14. The van der Waals surface area contributed by atoms with Crippen LogP contribution in [0, 0.1) is 13.8 Å². The summed E-state index contributed by atoms with van der Waals surface area (Å²) < 4.78 is 7.42. The van der Waals surface area contributed by atoms with Crippen molar-refractivity contribution in [2.75, 3.05) is 45.8 Å². The quantitative estimate of drug-likeness (QED) is 0.490. The van der Waals surface area contributed by atoms with Crippen molar-refractivity contribution in [2.45, 2.75) is 66.5 Å². The van der Waals surface area contributed by atoms with Gasteiger partial charge in [0.1, 0.15) is 5.60 Å². The lowest BCUT2D eigenvalue weighted by Gasteiger charge is -2.35. The first-order valence-electron chi connectivity index (χ1n) is 11.7. The van der Waals surface area contributed by atoms with E-state index < -0.39 is 5.60 Å². The molecule has 32 heavy (non-hydrogen) atoms. The highest BCUT2D eigenvalue weighted by Gasteiger charge is 2.25. The van der Waals surface area contributed by atoms with Gasteiger partial charge in [0.25, 0.3) is 0 Å². The van der Waals surface area contributed by atoms with Gasteiger partial charge in [-0.15, -0.1) is 0 Å². The van der Waals surface area contributed by atoms with Gasteiger partial charge in [0.05, 0.1) is 12.2 Å². The van der Waals surface area contributed by atoms with Gasteiger partial charge in [-0.2, -0.15) is 5.10 Å². The van der Waals surface area contributed by atoms with Crippen molar-refractivity contribution < 1.29 is 9.53 Å². The second-order valence-corrected chi connectivity index (χ2v) is 9.59. The number of aliphatic imine (C=N–C) groups is 1. The highest BCUT2D eigenvalue weighted by Crippen LogP contribution is 2.14. The Morgan fingerprint density at radius 2 is 1.88 bits per heavy atom. The fourth-order valence-corrected chi connectivity index (χ4v) is 3.81. The fourth-order valence-electron chi connectivity index (χ4n) is 3.81. The van der Waals surface area contributed by atoms with E-state index in [1.54, 1.807) is 4.90 Å². The van der Waals surface area contributed by atoms with E-state index in [9.17, 15) is 4.79 Å². The molecule has 0 aromatic carbocycles. The number of ether oxygens (including phenoxy) is 1. The Balaban J connectivity index is 1.80. The first-order valence-corrected chi connectivity index (χ1v) is 11.7. The molecule has 182 valence electrons. The van der Waals surface area contributed by atoms with Crippen LogP contribution in [0.2, 0.25) is 0 Å². The Labute approximate surface area is 193 Å². The predicted molar refractivity (Wildman–Crippen MR) is 129 cm³/mol. The molecule has 0 radical (unpaired) electrons. The Hall–Kier alpha value is -2.29. The summed E-state index contributed by atoms with van der Waals surface area (Å²) >= 11 is 0. The molecule has 1 atom stereocenters. The van der Waals surface area contributed by atoms with Gasteiger partial charge in [-0.1, -0.05) is 0 Å². The smallest absolute Gasteiger partial charge is 0.410 e. The molecule has 2 heterocycles. The summed E-state index contributed by atoms with van der Waals surface area (Å²) in [6, 6.07) is 0.242. The van der Waals surface area contributed by atoms with Gasteiger partial charge in [0.2, 0.25) is 0 Å². The van der Waals surface area contributed by atoms with Crippen LogP contribution in [-0.2, 0) is 18.2 Å². The van der Waals surface area contributed by atoms with Crippen molar-refractivity contribution in [3.63, 3.8) is 0 Å². The van der Waals surface area contributed by atoms with Gasteiger partial charge in [0.15, 0.2) is 5.96 Å². The number of aryl methyl sites for hydroxylation is 2. The topological polar surface area (TPSA) is 87.0 Å². The van der Waals surface area contributed by atoms with E-state index in [0.717, 1.165) is 44.3 Å². The number of aromatic nitrogens is 2. The van der Waals surface area contributed by atoms with Gasteiger partial charge in [-0.05, 0) is 60.5 Å². The normalized spacial score (nSPS) is 16.8. The van der Waals surface area contributed by atoms with Crippen LogP contribution >= 0.6 is 0 Å². The molecule has 1 aliphatic rings. The summed E-state index contributed by atoms with van der Waals surface area (Å²) in [4.78, 5) is 21.1. The highest BCUT2D eigenvalue weighted by atomic mass is 16.6. The summed E-state index contributed by atoms with van der Waals surface area (Å²) in [7, 11) is 1.99. The molecule has 9 nitrogen and oxygen atoms in total. The van der Waals surface area contributed by atoms with E-state index in [2.05, 4.69) is 48.3 Å². The van der Waals surface area contributed by atoms with E-state index in [1.165, 1.54) is 11.3 Å². The van der Waals surface area contributed by atoms with E-state index in [0.29, 0.717) is 19.6 Å². The van der Waals surface area contributed by atoms with Crippen LogP contribution in [0.25, 0.3) is 0 Å². The molecule has 0 bridgehead atoms. The molecule has 1 aromatic rings. The molecule has 1 aliphatic heterocycles. The number of hydrogen-bond acceptors (Lipinski definition) is 5. The van der Waals surface area contributed by atoms with Crippen LogP contribution in [0.15, 0.2) is 4.99 Å². The molecule has 1 unspecified atom stereocenters. The van der Waals surface area contributed by atoms with Crippen molar-refractivity contribution in [2.24, 2.45) is 12.0 Å². The van der Waals surface area contributed by atoms with E-state index in [-0.39, 0.29) is 12.1 Å². The van der Waals surface area contributed by atoms with Crippen molar-refractivity contribution in [3.05, 3.63) is 17.0 Å². The number of hydrogen-bond donors (Lipinski definition) is 2. The number of guanidine groups is 1. The van der Waals surface area contributed by atoms with Crippen molar-refractivity contribution in [3.8, 4) is 0 Å². The zero-order valence-electron chi connectivity index (χ0n) is 21.3. The van der Waals surface area contributed by atoms with Crippen molar-refractivity contribution in [1.82, 2.24) is 30.2 Å². The standard InChI is InChI=1S/C23H43N7O2/c1-9-24-21(26-17(2)16-20-18(3)27-28(8)19(20)4)25-10-11-29-12-14-30(15-13-29)22(31)32-23(5,6)7/h17H,9-16H2,1-8H3,(H2,24,25,26). The van der Waals surface area contributed by atoms with Crippen molar-refractivity contribution >= 4 is 12.1 Å². The SMILES string of the molecule is CCNC(=NCCN1CCN(C(=O)OC(C)(C)C)CC1)NC(C)Cc1c(C)nn(C)c1C. The molecular formula is C23H43N7O2. The molecular weight excluding hydrogens is 406 g/mol. The molecule has 9 heteroatoms. The van der Waals surface area contributed by atoms with E-state index >= 15 is 0 Å². The number of nitrogens with one attached hydrogen (secondary N) is 2. The molecule has 1 aromatic heterocycles. The van der Waals surface area contributed by atoms with Gasteiger partial charge in [-0.25, -0.2) is 4.79 Å². The third-order valence-electron chi connectivity index (χ3n) is 5.61. The average Bonchev–Trinajstić information content (AvgIpc) is 2.93. The number of carbonyl (C=O) groups is 1. The lowest BCUT2D eigenvalue weighted by Crippen LogP contribution is -2.50. The minimum absolute atomic E-state index is 0.220. The van der Waals surface area contributed by atoms with Crippen LogP contribution in [0.3, 0.4) is 0 Å². The van der Waals surface area contributed by atoms with Crippen LogP contribution < -0.4 is 10.6 Å². The lowest BCUT2D eigenvalue weighted by atomic mass is 10.1. The first-order chi connectivity index (χ1) is 15.0. The van der Waals surface area contributed by atoms with Crippen LogP contribution in [0.5, 0.6) is 0 Å². The average molecular weight is 450 g/mol. The number of amides is 1. The summed E-state index contributed by atoms with van der Waals surface area (Å²) in [5.74, 6) is 0.839. The lowest BCUT2D eigenvalue weighted by molar-refractivity contribution is 0.0148. The highest BCUT2D eigenvalue weighted by molar-refractivity contribution is 5.80. The number of nitrogens with zero attached hydrogens (tertiary/aromatic N) is 5. The monoisotopic (exact) mass is 449 g/mol. The molecule has 1 fully saturated rings. The summed E-state index contributed by atoms with van der Waals surface area (Å²) in [6.45, 7) is 19.6. The maximum absolute atomic E-state index is 12.2. The molecule has 2 rings (SSSR count). The Kier molecular flexibility index (Phi) is 9.36. The number of piperazine rings is 1. The van der Waals surface area contributed by atoms with E-state index in [4.69, 9.17) is 9.73 Å². The number of rotatable bonds is 7. The maximum atomic E-state index is 12.2. The van der Waals surface area contributed by atoms with Gasteiger partial charge >= 0.3 is 6.09 Å². The second kappa shape index (κ2) is 11.5. The van der Waals surface area contributed by atoms with E-state index in [1.807, 2.05) is 32.5 Å². The van der Waals surface area contributed by atoms with Gasteiger partial charge in [-0.3, -0.25) is 14.6 Å². The number of carbonyl (C=O) groups excluding carboxylic acids is 1.